The van der Waals surface area contributed by atoms with Crippen LogP contribution in [0.5, 0.6) is 0 Å². The average molecular weight is 341 g/mol. The molecule has 0 atom stereocenters. The van der Waals surface area contributed by atoms with E-state index in [2.05, 4.69) is 26.5 Å². The van der Waals surface area contributed by atoms with E-state index in [1.165, 1.54) is 15.9 Å². The lowest BCUT2D eigenvalue weighted by Gasteiger charge is -2.21. The average Bonchev–Trinajstić information content (AvgIpc) is 3.07. The van der Waals surface area contributed by atoms with Gasteiger partial charge in [0.15, 0.2) is 0 Å². The second kappa shape index (κ2) is 7.17. The largest absolute Gasteiger partial charge is 0.340 e. The highest BCUT2D eigenvalue weighted by Crippen LogP contribution is 2.23. The summed E-state index contributed by atoms with van der Waals surface area (Å²) in [4.78, 5) is 17.8. The highest BCUT2D eigenvalue weighted by atomic mass is 35.5. The van der Waals surface area contributed by atoms with Crippen LogP contribution in [0, 0.1) is 0 Å². The van der Waals surface area contributed by atoms with E-state index in [0.717, 1.165) is 43.5 Å². The van der Waals surface area contributed by atoms with E-state index in [1.54, 1.807) is 11.3 Å². The standard InChI is InChI=1S/C13H17ClN6OS/c14-12-3-2-11(22-12)8-18-4-1-5-19(7-6-18)13(21)9-20-10-15-16-17-20/h2-3,10H,1,4-9H2. The Bertz CT molecular complexity index is 616. The van der Waals surface area contributed by atoms with Crippen molar-refractivity contribution in [3.05, 3.63) is 27.7 Å². The minimum atomic E-state index is 0.0633. The number of tetrazole rings is 1. The maximum Gasteiger partial charge on any atom is 0.244 e. The first-order valence-corrected chi connectivity index (χ1v) is 8.35. The van der Waals surface area contributed by atoms with Crippen LogP contribution in [-0.2, 0) is 17.9 Å². The van der Waals surface area contributed by atoms with E-state index in [1.807, 2.05) is 11.0 Å². The van der Waals surface area contributed by atoms with Crippen molar-refractivity contribution >= 4 is 28.8 Å². The molecule has 0 aromatic carbocycles. The lowest BCUT2D eigenvalue weighted by molar-refractivity contribution is -0.131. The summed E-state index contributed by atoms with van der Waals surface area (Å²) in [5.41, 5.74) is 0. The van der Waals surface area contributed by atoms with E-state index in [9.17, 15) is 4.79 Å². The van der Waals surface area contributed by atoms with Crippen LogP contribution < -0.4 is 0 Å². The zero-order valence-electron chi connectivity index (χ0n) is 12.1. The molecule has 3 heterocycles. The van der Waals surface area contributed by atoms with Crippen LogP contribution in [0.2, 0.25) is 4.34 Å². The van der Waals surface area contributed by atoms with Crippen LogP contribution in [-0.4, -0.2) is 62.1 Å². The molecule has 0 spiro atoms. The molecule has 0 saturated carbocycles. The van der Waals surface area contributed by atoms with Gasteiger partial charge in [-0.2, -0.15) is 0 Å². The first kappa shape index (κ1) is 15.4. The van der Waals surface area contributed by atoms with Gasteiger partial charge < -0.3 is 4.90 Å². The number of thiophene rings is 1. The number of halogens is 1. The van der Waals surface area contributed by atoms with E-state index >= 15 is 0 Å². The molecule has 22 heavy (non-hydrogen) atoms. The zero-order valence-corrected chi connectivity index (χ0v) is 13.6. The van der Waals surface area contributed by atoms with Gasteiger partial charge in [0.05, 0.1) is 4.34 Å². The number of aromatic nitrogens is 4. The number of nitrogens with zero attached hydrogens (tertiary/aromatic N) is 6. The number of rotatable bonds is 4. The summed E-state index contributed by atoms with van der Waals surface area (Å²) in [5.74, 6) is 0.0633. The van der Waals surface area contributed by atoms with Gasteiger partial charge in [0.1, 0.15) is 12.9 Å². The minimum Gasteiger partial charge on any atom is -0.340 e. The molecule has 0 unspecified atom stereocenters. The van der Waals surface area contributed by atoms with Crippen LogP contribution in [0.1, 0.15) is 11.3 Å². The molecule has 1 aliphatic rings. The Morgan fingerprint density at radius 2 is 2.18 bits per heavy atom. The van der Waals surface area contributed by atoms with Crippen molar-refractivity contribution in [2.45, 2.75) is 19.5 Å². The van der Waals surface area contributed by atoms with Crippen molar-refractivity contribution < 1.29 is 4.79 Å². The minimum absolute atomic E-state index is 0.0633. The van der Waals surface area contributed by atoms with Crippen LogP contribution in [0.3, 0.4) is 0 Å². The molecular weight excluding hydrogens is 324 g/mol. The lowest BCUT2D eigenvalue weighted by atomic mass is 10.3. The van der Waals surface area contributed by atoms with Crippen LogP contribution in [0.15, 0.2) is 18.5 Å². The van der Waals surface area contributed by atoms with Crippen LogP contribution >= 0.6 is 22.9 Å². The Morgan fingerprint density at radius 1 is 1.27 bits per heavy atom. The molecule has 3 rings (SSSR count). The maximum atomic E-state index is 12.3. The molecule has 7 nitrogen and oxygen atoms in total. The summed E-state index contributed by atoms with van der Waals surface area (Å²) in [6, 6.07) is 4.00. The van der Waals surface area contributed by atoms with E-state index < -0.39 is 0 Å². The zero-order chi connectivity index (χ0) is 15.4. The normalized spacial score (nSPS) is 16.7. The third kappa shape index (κ3) is 4.02. The molecule has 0 N–H and O–H groups in total. The lowest BCUT2D eigenvalue weighted by Crippen LogP contribution is -2.37. The van der Waals surface area contributed by atoms with Crippen molar-refractivity contribution in [3.8, 4) is 0 Å². The Kier molecular flexibility index (Phi) is 5.01. The van der Waals surface area contributed by atoms with Gasteiger partial charge in [0, 0.05) is 37.6 Å². The van der Waals surface area contributed by atoms with Crippen molar-refractivity contribution in [2.24, 2.45) is 0 Å². The summed E-state index contributed by atoms with van der Waals surface area (Å²) in [7, 11) is 0. The number of hydrogen-bond donors (Lipinski definition) is 0. The fourth-order valence-electron chi connectivity index (χ4n) is 2.53. The predicted octanol–water partition coefficient (Wildman–Crippen LogP) is 1.12. The molecule has 1 saturated heterocycles. The van der Waals surface area contributed by atoms with Gasteiger partial charge in [-0.15, -0.1) is 16.4 Å². The molecule has 2 aromatic rings. The predicted molar refractivity (Wildman–Crippen MR) is 83.6 cm³/mol. The topological polar surface area (TPSA) is 67.2 Å². The van der Waals surface area contributed by atoms with Gasteiger partial charge >= 0.3 is 0 Å². The fourth-order valence-corrected chi connectivity index (χ4v) is 3.66. The first-order chi connectivity index (χ1) is 10.7. The number of hydrogen-bond acceptors (Lipinski definition) is 6. The molecule has 0 aliphatic carbocycles. The molecule has 1 fully saturated rings. The maximum absolute atomic E-state index is 12.3. The molecule has 118 valence electrons. The molecule has 0 bridgehead atoms. The van der Waals surface area contributed by atoms with Crippen LogP contribution in [0.4, 0.5) is 0 Å². The van der Waals surface area contributed by atoms with E-state index in [0.29, 0.717) is 0 Å². The number of carbonyl (C=O) groups excluding carboxylic acids is 1. The Morgan fingerprint density at radius 3 is 2.91 bits per heavy atom. The highest BCUT2D eigenvalue weighted by molar-refractivity contribution is 7.16. The second-order valence-electron chi connectivity index (χ2n) is 5.22. The van der Waals surface area contributed by atoms with Crippen molar-refractivity contribution in [2.75, 3.05) is 26.2 Å². The Hall–Kier alpha value is -1.51. The summed E-state index contributed by atoms with van der Waals surface area (Å²) >= 11 is 7.59. The smallest absolute Gasteiger partial charge is 0.244 e. The third-order valence-corrected chi connectivity index (χ3v) is 4.85. The summed E-state index contributed by atoms with van der Waals surface area (Å²) in [5, 5.41) is 10.8. The quantitative estimate of drug-likeness (QED) is 0.834. The fraction of sp³-hybridized carbons (Fsp3) is 0.538. The molecule has 1 aliphatic heterocycles. The first-order valence-electron chi connectivity index (χ1n) is 7.16. The van der Waals surface area contributed by atoms with Gasteiger partial charge in [-0.25, -0.2) is 4.68 Å². The van der Waals surface area contributed by atoms with Gasteiger partial charge in [0.2, 0.25) is 5.91 Å². The molecular formula is C13H17ClN6OS. The van der Waals surface area contributed by atoms with Crippen LogP contribution in [0.25, 0.3) is 0 Å². The third-order valence-electron chi connectivity index (χ3n) is 3.64. The summed E-state index contributed by atoms with van der Waals surface area (Å²) < 4.78 is 2.28. The van der Waals surface area contributed by atoms with Crippen molar-refractivity contribution in [1.82, 2.24) is 30.0 Å². The summed E-state index contributed by atoms with van der Waals surface area (Å²) in [6.45, 7) is 4.48. The Balaban J connectivity index is 1.52. The monoisotopic (exact) mass is 340 g/mol. The van der Waals surface area contributed by atoms with Gasteiger partial charge in [0.25, 0.3) is 0 Å². The summed E-state index contributed by atoms with van der Waals surface area (Å²) in [6.07, 6.45) is 2.43. The molecule has 2 aromatic heterocycles. The van der Waals surface area contributed by atoms with E-state index in [-0.39, 0.29) is 12.5 Å². The van der Waals surface area contributed by atoms with E-state index in [4.69, 9.17) is 11.6 Å². The number of carbonyl (C=O) groups is 1. The number of amides is 1. The SMILES string of the molecule is O=C(Cn1cnnn1)N1CCCN(Cc2ccc(Cl)s2)CC1. The van der Waals surface area contributed by atoms with Crippen molar-refractivity contribution in [3.63, 3.8) is 0 Å². The second-order valence-corrected chi connectivity index (χ2v) is 7.02. The Labute approximate surface area is 137 Å². The van der Waals surface area contributed by atoms with Crippen molar-refractivity contribution in [1.29, 1.82) is 0 Å². The van der Waals surface area contributed by atoms with Gasteiger partial charge in [-0.3, -0.25) is 9.69 Å². The van der Waals surface area contributed by atoms with Gasteiger partial charge in [-0.05, 0) is 29.0 Å². The molecule has 9 heteroatoms. The molecule has 0 radical (unpaired) electrons. The molecule has 1 amide bonds. The highest BCUT2D eigenvalue weighted by Gasteiger charge is 2.20. The van der Waals surface area contributed by atoms with Gasteiger partial charge in [-0.1, -0.05) is 11.6 Å².